The van der Waals surface area contributed by atoms with Gasteiger partial charge in [0.15, 0.2) is 0 Å². The normalized spacial score (nSPS) is 19.6. The molecule has 0 radical (unpaired) electrons. The van der Waals surface area contributed by atoms with E-state index in [0.29, 0.717) is 65.3 Å². The van der Waals surface area contributed by atoms with E-state index in [0.717, 1.165) is 35.2 Å². The van der Waals surface area contributed by atoms with Gasteiger partial charge in [0, 0.05) is 37.4 Å². The van der Waals surface area contributed by atoms with E-state index in [9.17, 15) is 4.79 Å². The molecule has 1 saturated heterocycles. The number of hydrogen-bond donors (Lipinski definition) is 0. The van der Waals surface area contributed by atoms with E-state index in [1.807, 2.05) is 19.1 Å². The van der Waals surface area contributed by atoms with Crippen molar-refractivity contribution in [3.8, 4) is 11.8 Å². The molecule has 1 aromatic rings. The van der Waals surface area contributed by atoms with Crippen LogP contribution in [0.4, 0.5) is 0 Å². The number of benzene rings is 1. The molecule has 3 rings (SSSR count). The maximum absolute atomic E-state index is 11.7. The van der Waals surface area contributed by atoms with Crippen molar-refractivity contribution in [2.24, 2.45) is 4.99 Å². The molecule has 1 fully saturated rings. The molecular formula is C25H32N2O6. The molecule has 1 aromatic carbocycles. The Kier molecular flexibility index (Phi) is 10.4. The summed E-state index contributed by atoms with van der Waals surface area (Å²) in [5.74, 6) is 6.61. The molecule has 0 bridgehead atoms. The fraction of sp³-hybridized carbons (Fsp3) is 0.520. The summed E-state index contributed by atoms with van der Waals surface area (Å²) in [5, 5.41) is 0. The summed E-state index contributed by atoms with van der Waals surface area (Å²) >= 11 is 0. The summed E-state index contributed by atoms with van der Waals surface area (Å²) in [6, 6.07) is 6.00. The number of amides is 1. The Balaban J connectivity index is 1.68. The summed E-state index contributed by atoms with van der Waals surface area (Å²) in [4.78, 5) is 17.6. The minimum Gasteiger partial charge on any atom is -0.475 e. The SMILES string of the molecule is CCOCCOCC#Cc1ccc2c(c1)CCN(C=O)/C2=C\C(=N/C)OC[C@@H]1COCCO1. The molecule has 0 saturated carbocycles. The first-order chi connectivity index (χ1) is 16.2. The number of nitrogens with zero attached hydrogens (tertiary/aromatic N) is 2. The van der Waals surface area contributed by atoms with Gasteiger partial charge < -0.3 is 28.6 Å². The van der Waals surface area contributed by atoms with Crippen molar-refractivity contribution in [1.29, 1.82) is 0 Å². The van der Waals surface area contributed by atoms with Crippen LogP contribution in [0.5, 0.6) is 0 Å². The van der Waals surface area contributed by atoms with Gasteiger partial charge in [-0.05, 0) is 31.0 Å². The fourth-order valence-corrected chi connectivity index (χ4v) is 3.54. The third-order valence-corrected chi connectivity index (χ3v) is 5.21. The molecule has 1 atom stereocenters. The van der Waals surface area contributed by atoms with Crippen LogP contribution in [0.2, 0.25) is 0 Å². The second kappa shape index (κ2) is 13.8. The second-order valence-corrected chi connectivity index (χ2v) is 7.44. The van der Waals surface area contributed by atoms with Crippen LogP contribution >= 0.6 is 0 Å². The van der Waals surface area contributed by atoms with Gasteiger partial charge in [0.25, 0.3) is 0 Å². The number of hydrogen-bond acceptors (Lipinski definition) is 7. The largest absolute Gasteiger partial charge is 0.475 e. The lowest BCUT2D eigenvalue weighted by atomic mass is 9.94. The molecule has 0 unspecified atom stereocenters. The average molecular weight is 457 g/mol. The van der Waals surface area contributed by atoms with Crippen LogP contribution < -0.4 is 0 Å². The highest BCUT2D eigenvalue weighted by Gasteiger charge is 2.22. The topological polar surface area (TPSA) is 78.8 Å². The Morgan fingerprint density at radius 2 is 2.18 bits per heavy atom. The van der Waals surface area contributed by atoms with Gasteiger partial charge in [-0.3, -0.25) is 9.79 Å². The Hall–Kier alpha value is -2.70. The van der Waals surface area contributed by atoms with Crippen molar-refractivity contribution < 1.29 is 28.5 Å². The van der Waals surface area contributed by atoms with Crippen LogP contribution in [-0.2, 0) is 34.9 Å². The fourth-order valence-electron chi connectivity index (χ4n) is 3.54. The number of carbonyl (C=O) groups is 1. The van der Waals surface area contributed by atoms with E-state index in [1.165, 1.54) is 0 Å². The van der Waals surface area contributed by atoms with Gasteiger partial charge in [-0.1, -0.05) is 17.9 Å². The molecule has 2 aliphatic heterocycles. The van der Waals surface area contributed by atoms with E-state index >= 15 is 0 Å². The summed E-state index contributed by atoms with van der Waals surface area (Å²) in [7, 11) is 1.66. The molecule has 1 amide bonds. The van der Waals surface area contributed by atoms with Crippen molar-refractivity contribution in [3.05, 3.63) is 41.0 Å². The van der Waals surface area contributed by atoms with Crippen molar-refractivity contribution in [2.45, 2.75) is 19.4 Å². The van der Waals surface area contributed by atoms with Crippen LogP contribution in [0.3, 0.4) is 0 Å². The predicted molar refractivity (Wildman–Crippen MR) is 125 cm³/mol. The molecule has 2 aliphatic rings. The molecular weight excluding hydrogens is 424 g/mol. The molecule has 178 valence electrons. The number of fused-ring (bicyclic) bond motifs is 1. The van der Waals surface area contributed by atoms with E-state index in [2.05, 4.69) is 22.9 Å². The van der Waals surface area contributed by atoms with Crippen molar-refractivity contribution in [2.75, 3.05) is 66.4 Å². The molecule has 0 N–H and O–H groups in total. The van der Waals surface area contributed by atoms with Crippen molar-refractivity contribution in [1.82, 2.24) is 4.90 Å². The zero-order valence-corrected chi connectivity index (χ0v) is 19.4. The molecule has 33 heavy (non-hydrogen) atoms. The van der Waals surface area contributed by atoms with Gasteiger partial charge in [0.05, 0.1) is 38.7 Å². The molecule has 2 heterocycles. The van der Waals surface area contributed by atoms with E-state index in [4.69, 9.17) is 23.7 Å². The van der Waals surface area contributed by atoms with Crippen molar-refractivity contribution >= 4 is 18.0 Å². The van der Waals surface area contributed by atoms with Gasteiger partial charge in [-0.2, -0.15) is 0 Å². The highest BCUT2D eigenvalue weighted by Crippen LogP contribution is 2.28. The summed E-state index contributed by atoms with van der Waals surface area (Å²) < 4.78 is 27.5. The van der Waals surface area contributed by atoms with Crippen LogP contribution in [0, 0.1) is 11.8 Å². The lowest BCUT2D eigenvalue weighted by Crippen LogP contribution is -2.33. The van der Waals surface area contributed by atoms with Crippen LogP contribution in [0.15, 0.2) is 29.3 Å². The number of carbonyl (C=O) groups excluding carboxylic acids is 1. The highest BCUT2D eigenvalue weighted by molar-refractivity contribution is 5.97. The number of ether oxygens (including phenoxy) is 5. The lowest BCUT2D eigenvalue weighted by molar-refractivity contribution is -0.115. The second-order valence-electron chi connectivity index (χ2n) is 7.44. The summed E-state index contributed by atoms with van der Waals surface area (Å²) in [6.07, 6.45) is 3.26. The summed E-state index contributed by atoms with van der Waals surface area (Å²) in [6.45, 7) is 6.69. The standard InChI is InChI=1S/C25H32N2O6/c1-3-29-11-12-30-10-4-5-20-6-7-23-21(15-20)8-9-27(19-28)24(23)16-25(26-2)33-18-22-17-31-13-14-32-22/h6-7,15-16,19,22H,3,8-14,17-18H2,1-2H3/b24-16-,26-25+/t22-/m0/s1. The van der Waals surface area contributed by atoms with E-state index in [1.54, 1.807) is 18.0 Å². The Labute approximate surface area is 195 Å². The maximum atomic E-state index is 11.7. The van der Waals surface area contributed by atoms with Gasteiger partial charge in [-0.25, -0.2) is 0 Å². The average Bonchev–Trinajstić information content (AvgIpc) is 2.86. The lowest BCUT2D eigenvalue weighted by Gasteiger charge is -2.29. The third kappa shape index (κ3) is 7.69. The third-order valence-electron chi connectivity index (χ3n) is 5.21. The molecule has 0 aliphatic carbocycles. The van der Waals surface area contributed by atoms with E-state index in [-0.39, 0.29) is 6.10 Å². The molecule has 0 spiro atoms. The van der Waals surface area contributed by atoms with Crippen LogP contribution in [-0.4, -0.2) is 89.8 Å². The molecule has 8 nitrogen and oxygen atoms in total. The van der Waals surface area contributed by atoms with Gasteiger partial charge >= 0.3 is 0 Å². The molecule has 0 aromatic heterocycles. The maximum Gasteiger partial charge on any atom is 0.214 e. The number of aliphatic imine (C=N–C) groups is 1. The first-order valence-electron chi connectivity index (χ1n) is 11.2. The number of rotatable bonds is 9. The Morgan fingerprint density at radius 3 is 2.94 bits per heavy atom. The van der Waals surface area contributed by atoms with Gasteiger partial charge in [0.2, 0.25) is 12.3 Å². The first kappa shape index (κ1) is 24.9. The monoisotopic (exact) mass is 456 g/mol. The molecule has 8 heteroatoms. The van der Waals surface area contributed by atoms with Crippen LogP contribution in [0.25, 0.3) is 5.70 Å². The predicted octanol–water partition coefficient (Wildman–Crippen LogP) is 1.91. The Morgan fingerprint density at radius 1 is 1.30 bits per heavy atom. The van der Waals surface area contributed by atoms with Crippen molar-refractivity contribution in [3.63, 3.8) is 0 Å². The first-order valence-corrected chi connectivity index (χ1v) is 11.2. The zero-order chi connectivity index (χ0) is 23.3. The minimum atomic E-state index is -0.126. The Bertz CT molecular complexity index is 896. The smallest absolute Gasteiger partial charge is 0.214 e. The quantitative estimate of drug-likeness (QED) is 0.186. The minimum absolute atomic E-state index is 0.126. The zero-order valence-electron chi connectivity index (χ0n) is 19.4. The highest BCUT2D eigenvalue weighted by atomic mass is 16.6. The van der Waals surface area contributed by atoms with Gasteiger partial charge in [-0.15, -0.1) is 0 Å². The van der Waals surface area contributed by atoms with E-state index < -0.39 is 0 Å². The van der Waals surface area contributed by atoms with Gasteiger partial charge in [0.1, 0.15) is 19.3 Å². The van der Waals surface area contributed by atoms with Crippen LogP contribution in [0.1, 0.15) is 23.6 Å². The summed E-state index contributed by atoms with van der Waals surface area (Å²) in [5.41, 5.74) is 3.76.